The number of hydrogen-bond donors (Lipinski definition) is 1. The van der Waals surface area contributed by atoms with Crippen LogP contribution < -0.4 is 14.8 Å². The van der Waals surface area contributed by atoms with Gasteiger partial charge in [-0.15, -0.1) is 0 Å². The molecule has 1 saturated heterocycles. The third kappa shape index (κ3) is 6.21. The number of carbonyl (C=O) groups excluding carboxylic acids is 1. The van der Waals surface area contributed by atoms with Crippen LogP contribution >= 0.6 is 0 Å². The van der Waals surface area contributed by atoms with E-state index in [0.717, 1.165) is 24.2 Å². The van der Waals surface area contributed by atoms with Crippen molar-refractivity contribution in [3.63, 3.8) is 0 Å². The lowest BCUT2D eigenvalue weighted by Gasteiger charge is -2.17. The van der Waals surface area contributed by atoms with Crippen LogP contribution in [0.25, 0.3) is 0 Å². The number of nitrogens with zero attached hydrogens (tertiary/aromatic N) is 1. The van der Waals surface area contributed by atoms with Gasteiger partial charge in [0.25, 0.3) is 0 Å². The first-order valence-corrected chi connectivity index (χ1v) is 12.0. The number of hydrogen-bond acceptors (Lipinski definition) is 5. The quantitative estimate of drug-likeness (QED) is 0.567. The smallest absolute Gasteiger partial charge is 0.243 e. The molecule has 1 amide bonds. The second-order valence-corrected chi connectivity index (χ2v) is 9.53. The van der Waals surface area contributed by atoms with Gasteiger partial charge in [-0.2, -0.15) is 4.31 Å². The molecular weight excluding hydrogens is 416 g/mol. The van der Waals surface area contributed by atoms with Crippen LogP contribution in [0.1, 0.15) is 30.4 Å². The van der Waals surface area contributed by atoms with E-state index < -0.39 is 10.0 Å². The van der Waals surface area contributed by atoms with Crippen molar-refractivity contribution in [1.82, 2.24) is 9.62 Å². The fourth-order valence-corrected chi connectivity index (χ4v) is 5.09. The summed E-state index contributed by atoms with van der Waals surface area (Å²) in [6, 6.07) is 12.6. The van der Waals surface area contributed by atoms with E-state index in [1.54, 1.807) is 18.2 Å². The Labute approximate surface area is 184 Å². The zero-order valence-corrected chi connectivity index (χ0v) is 18.9. The molecule has 0 atom stereocenters. The normalized spacial score (nSPS) is 14.4. The molecule has 0 aromatic heterocycles. The highest BCUT2D eigenvalue weighted by Crippen LogP contribution is 2.27. The largest absolute Gasteiger partial charge is 0.496 e. The van der Waals surface area contributed by atoms with E-state index in [1.807, 2.05) is 31.2 Å². The van der Waals surface area contributed by atoms with E-state index in [9.17, 15) is 13.2 Å². The van der Waals surface area contributed by atoms with Gasteiger partial charge in [-0.1, -0.05) is 17.7 Å². The van der Waals surface area contributed by atoms with Crippen LogP contribution in [0, 0.1) is 6.92 Å². The lowest BCUT2D eigenvalue weighted by molar-refractivity contribution is -0.121. The molecule has 8 heteroatoms. The Kier molecular flexibility index (Phi) is 7.92. The highest BCUT2D eigenvalue weighted by molar-refractivity contribution is 7.89. The number of amides is 1. The van der Waals surface area contributed by atoms with Crippen molar-refractivity contribution in [2.24, 2.45) is 0 Å². The van der Waals surface area contributed by atoms with E-state index >= 15 is 0 Å². The SMILES string of the molecule is COc1ccc(S(=O)(=O)N2CCCC2)cc1CCC(=O)NCCOc1ccc(C)cc1. The second-order valence-electron chi connectivity index (χ2n) is 7.60. The average Bonchev–Trinajstić information content (AvgIpc) is 3.32. The molecule has 7 nitrogen and oxygen atoms in total. The third-order valence-corrected chi connectivity index (χ3v) is 7.18. The summed E-state index contributed by atoms with van der Waals surface area (Å²) in [6.45, 7) is 3.89. The summed E-state index contributed by atoms with van der Waals surface area (Å²) in [5.74, 6) is 1.22. The van der Waals surface area contributed by atoms with E-state index in [1.165, 1.54) is 11.4 Å². The van der Waals surface area contributed by atoms with Gasteiger partial charge in [0, 0.05) is 19.5 Å². The van der Waals surface area contributed by atoms with Gasteiger partial charge in [-0.05, 0) is 62.1 Å². The fraction of sp³-hybridized carbons (Fsp3) is 0.435. The Balaban J connectivity index is 1.52. The molecule has 3 rings (SSSR count). The molecule has 31 heavy (non-hydrogen) atoms. The number of rotatable bonds is 10. The molecule has 1 fully saturated rings. The highest BCUT2D eigenvalue weighted by Gasteiger charge is 2.27. The van der Waals surface area contributed by atoms with Crippen molar-refractivity contribution < 1.29 is 22.7 Å². The average molecular weight is 447 g/mol. The van der Waals surface area contributed by atoms with E-state index in [4.69, 9.17) is 9.47 Å². The van der Waals surface area contributed by atoms with Crippen molar-refractivity contribution in [2.45, 2.75) is 37.5 Å². The molecule has 0 radical (unpaired) electrons. The Morgan fingerprint density at radius 1 is 1.10 bits per heavy atom. The van der Waals surface area contributed by atoms with Crippen LogP contribution in [0.15, 0.2) is 47.4 Å². The molecular formula is C23H30N2O5S. The van der Waals surface area contributed by atoms with Gasteiger partial charge >= 0.3 is 0 Å². The predicted molar refractivity (Wildman–Crippen MR) is 119 cm³/mol. The number of carbonyl (C=O) groups is 1. The van der Waals surface area contributed by atoms with Gasteiger partial charge in [0.05, 0.1) is 18.6 Å². The Morgan fingerprint density at radius 2 is 1.81 bits per heavy atom. The Bertz CT molecular complexity index is 984. The Hall–Kier alpha value is -2.58. The minimum atomic E-state index is -3.51. The number of methoxy groups -OCH3 is 1. The first-order valence-electron chi connectivity index (χ1n) is 10.5. The maximum Gasteiger partial charge on any atom is 0.243 e. The topological polar surface area (TPSA) is 84.9 Å². The lowest BCUT2D eigenvalue weighted by atomic mass is 10.1. The van der Waals surface area contributed by atoms with Gasteiger partial charge in [-0.3, -0.25) is 4.79 Å². The summed E-state index contributed by atoms with van der Waals surface area (Å²) >= 11 is 0. The fourth-order valence-electron chi connectivity index (χ4n) is 3.52. The number of nitrogens with one attached hydrogen (secondary N) is 1. The summed E-state index contributed by atoms with van der Waals surface area (Å²) in [4.78, 5) is 12.5. The van der Waals surface area contributed by atoms with Crippen LogP contribution in [0.5, 0.6) is 11.5 Å². The number of benzene rings is 2. The van der Waals surface area contributed by atoms with Crippen LogP contribution in [0.3, 0.4) is 0 Å². The summed E-state index contributed by atoms with van der Waals surface area (Å²) in [5.41, 5.74) is 1.86. The van der Waals surface area contributed by atoms with Gasteiger partial charge in [0.15, 0.2) is 0 Å². The molecule has 2 aromatic carbocycles. The summed E-state index contributed by atoms with van der Waals surface area (Å²) in [7, 11) is -1.97. The first kappa shape index (κ1) is 23.1. The van der Waals surface area contributed by atoms with Crippen molar-refractivity contribution >= 4 is 15.9 Å². The minimum absolute atomic E-state index is 0.123. The van der Waals surface area contributed by atoms with Gasteiger partial charge < -0.3 is 14.8 Å². The van der Waals surface area contributed by atoms with E-state index in [-0.39, 0.29) is 17.2 Å². The second kappa shape index (κ2) is 10.6. The maximum atomic E-state index is 12.8. The van der Waals surface area contributed by atoms with Crippen molar-refractivity contribution in [3.8, 4) is 11.5 Å². The predicted octanol–water partition coefficient (Wildman–Crippen LogP) is 2.92. The van der Waals surface area contributed by atoms with Crippen molar-refractivity contribution in [1.29, 1.82) is 0 Å². The first-order chi connectivity index (χ1) is 14.9. The van der Waals surface area contributed by atoms with Gasteiger partial charge in [-0.25, -0.2) is 8.42 Å². The number of aryl methyl sites for hydroxylation is 2. The molecule has 1 N–H and O–H groups in total. The Morgan fingerprint density at radius 3 is 2.48 bits per heavy atom. The summed E-state index contributed by atoms with van der Waals surface area (Å²) in [6.07, 6.45) is 2.39. The zero-order valence-electron chi connectivity index (χ0n) is 18.1. The van der Waals surface area contributed by atoms with Crippen LogP contribution in [-0.2, 0) is 21.2 Å². The van der Waals surface area contributed by atoms with E-state index in [2.05, 4.69) is 5.32 Å². The molecule has 0 aliphatic carbocycles. The van der Waals surface area contributed by atoms with Gasteiger partial charge in [0.1, 0.15) is 18.1 Å². The third-order valence-electron chi connectivity index (χ3n) is 5.29. The molecule has 168 valence electrons. The van der Waals surface area contributed by atoms with Crippen LogP contribution in [0.4, 0.5) is 0 Å². The molecule has 0 spiro atoms. The molecule has 1 aliphatic heterocycles. The minimum Gasteiger partial charge on any atom is -0.496 e. The molecule has 0 unspecified atom stereocenters. The van der Waals surface area contributed by atoms with E-state index in [0.29, 0.717) is 44.0 Å². The summed E-state index contributed by atoms with van der Waals surface area (Å²) < 4.78 is 38.1. The molecule has 1 aliphatic rings. The van der Waals surface area contributed by atoms with Crippen molar-refractivity contribution in [3.05, 3.63) is 53.6 Å². The van der Waals surface area contributed by atoms with Crippen LogP contribution in [-0.4, -0.2) is 52.0 Å². The number of ether oxygens (including phenoxy) is 2. The molecule has 1 heterocycles. The van der Waals surface area contributed by atoms with Gasteiger partial charge in [0.2, 0.25) is 15.9 Å². The molecule has 2 aromatic rings. The number of sulfonamides is 1. The summed E-state index contributed by atoms with van der Waals surface area (Å²) in [5, 5.41) is 2.83. The monoisotopic (exact) mass is 446 g/mol. The molecule has 0 bridgehead atoms. The molecule has 0 saturated carbocycles. The highest BCUT2D eigenvalue weighted by atomic mass is 32.2. The standard InChI is InChI=1S/C23H30N2O5S/c1-18-5-8-20(9-6-18)30-16-13-24-23(26)12-7-19-17-21(10-11-22(19)29-2)31(27,28)25-14-3-4-15-25/h5-6,8-11,17H,3-4,7,12-16H2,1-2H3,(H,24,26). The van der Waals surface area contributed by atoms with Crippen molar-refractivity contribution in [2.75, 3.05) is 33.4 Å². The van der Waals surface area contributed by atoms with Crippen LogP contribution in [0.2, 0.25) is 0 Å². The lowest BCUT2D eigenvalue weighted by Crippen LogP contribution is -2.28. The zero-order chi connectivity index (χ0) is 22.3. The maximum absolute atomic E-state index is 12.8.